The molecule has 3 nitrogen and oxygen atoms in total. The van der Waals surface area contributed by atoms with Crippen molar-refractivity contribution in [1.82, 2.24) is 5.32 Å². The van der Waals surface area contributed by atoms with E-state index in [0.29, 0.717) is 12.0 Å². The minimum Gasteiger partial charge on any atom is -0.393 e. The van der Waals surface area contributed by atoms with Crippen LogP contribution in [0.3, 0.4) is 0 Å². The first-order chi connectivity index (χ1) is 6.75. The molecule has 2 rings (SSSR count). The van der Waals surface area contributed by atoms with Crippen LogP contribution in [-0.2, 0) is 0 Å². The van der Waals surface area contributed by atoms with Crippen LogP contribution in [0.15, 0.2) is 0 Å². The molecule has 3 heteroatoms. The first-order valence-electron chi connectivity index (χ1n) is 5.85. The summed E-state index contributed by atoms with van der Waals surface area (Å²) < 4.78 is 0. The molecule has 0 amide bonds. The molecule has 82 valence electrons. The lowest BCUT2D eigenvalue weighted by Crippen LogP contribution is -2.39. The van der Waals surface area contributed by atoms with Gasteiger partial charge in [-0.2, -0.15) is 0 Å². The topological polar surface area (TPSA) is 52.5 Å². The van der Waals surface area contributed by atoms with Crippen LogP contribution in [0.4, 0.5) is 0 Å². The van der Waals surface area contributed by atoms with E-state index in [1.807, 2.05) is 0 Å². The molecular weight excluding hydrogens is 178 g/mol. The van der Waals surface area contributed by atoms with Gasteiger partial charge in [-0.1, -0.05) is 0 Å². The van der Waals surface area contributed by atoms with E-state index in [2.05, 4.69) is 5.32 Å². The monoisotopic (exact) mass is 199 g/mol. The van der Waals surface area contributed by atoms with Crippen molar-refractivity contribution in [1.29, 1.82) is 0 Å². The molecule has 0 radical (unpaired) electrons. The molecule has 0 aromatic carbocycles. The third-order valence-corrected chi connectivity index (χ3v) is 3.48. The van der Waals surface area contributed by atoms with E-state index >= 15 is 0 Å². The van der Waals surface area contributed by atoms with E-state index in [-0.39, 0.29) is 12.2 Å². The molecule has 14 heavy (non-hydrogen) atoms. The number of hydrogen-bond donors (Lipinski definition) is 3. The highest BCUT2D eigenvalue weighted by molar-refractivity contribution is 4.84. The van der Waals surface area contributed by atoms with Gasteiger partial charge in [-0.05, 0) is 44.4 Å². The lowest BCUT2D eigenvalue weighted by molar-refractivity contribution is 0.105. The zero-order valence-electron chi connectivity index (χ0n) is 8.65. The summed E-state index contributed by atoms with van der Waals surface area (Å²) in [6.07, 6.45) is 6.12. The van der Waals surface area contributed by atoms with E-state index in [4.69, 9.17) is 0 Å². The Labute approximate surface area is 85.5 Å². The summed E-state index contributed by atoms with van der Waals surface area (Å²) in [5.74, 6) is 0.566. The van der Waals surface area contributed by atoms with Gasteiger partial charge in [-0.3, -0.25) is 0 Å². The Hall–Kier alpha value is -0.120. The van der Waals surface area contributed by atoms with E-state index in [0.717, 1.165) is 32.2 Å². The largest absolute Gasteiger partial charge is 0.393 e. The van der Waals surface area contributed by atoms with Gasteiger partial charge in [0.25, 0.3) is 0 Å². The summed E-state index contributed by atoms with van der Waals surface area (Å²) in [4.78, 5) is 0. The smallest absolute Gasteiger partial charge is 0.0692 e. The van der Waals surface area contributed by atoms with Crippen LogP contribution < -0.4 is 5.32 Å². The fraction of sp³-hybridized carbons (Fsp3) is 1.00. The van der Waals surface area contributed by atoms with Crippen LogP contribution in [0.2, 0.25) is 0 Å². The third-order valence-electron chi connectivity index (χ3n) is 3.48. The van der Waals surface area contributed by atoms with Crippen LogP contribution in [0.25, 0.3) is 0 Å². The zero-order chi connectivity index (χ0) is 9.97. The molecule has 0 aromatic rings. The van der Waals surface area contributed by atoms with Crippen LogP contribution in [0, 0.1) is 5.92 Å². The molecule has 0 bridgehead atoms. The van der Waals surface area contributed by atoms with Crippen molar-refractivity contribution < 1.29 is 10.2 Å². The zero-order valence-corrected chi connectivity index (χ0v) is 8.65. The molecular formula is C11H21NO2. The van der Waals surface area contributed by atoms with Gasteiger partial charge in [0.1, 0.15) is 0 Å². The molecule has 2 saturated carbocycles. The minimum atomic E-state index is -0.137. The van der Waals surface area contributed by atoms with E-state index < -0.39 is 0 Å². The Kier molecular flexibility index (Phi) is 3.42. The number of aliphatic hydroxyl groups excluding tert-OH is 2. The number of nitrogens with one attached hydrogen (secondary N) is 1. The Morgan fingerprint density at radius 1 is 1.07 bits per heavy atom. The maximum absolute atomic E-state index is 9.66. The van der Waals surface area contributed by atoms with Gasteiger partial charge >= 0.3 is 0 Å². The van der Waals surface area contributed by atoms with Crippen molar-refractivity contribution in [3.63, 3.8) is 0 Å². The summed E-state index contributed by atoms with van der Waals surface area (Å²) in [6.45, 7) is 0.741. The Morgan fingerprint density at radius 2 is 1.71 bits per heavy atom. The van der Waals surface area contributed by atoms with Crippen molar-refractivity contribution in [3.8, 4) is 0 Å². The van der Waals surface area contributed by atoms with Gasteiger partial charge in [0.05, 0.1) is 12.2 Å². The van der Waals surface area contributed by atoms with Gasteiger partial charge in [-0.15, -0.1) is 0 Å². The maximum Gasteiger partial charge on any atom is 0.0692 e. The summed E-state index contributed by atoms with van der Waals surface area (Å²) >= 11 is 0. The summed E-state index contributed by atoms with van der Waals surface area (Å²) in [5, 5.41) is 22.4. The van der Waals surface area contributed by atoms with E-state index in [9.17, 15) is 10.2 Å². The van der Waals surface area contributed by atoms with Crippen LogP contribution in [-0.4, -0.2) is 35.0 Å². The second-order valence-corrected chi connectivity index (χ2v) is 4.82. The molecule has 3 N–H and O–H groups in total. The van der Waals surface area contributed by atoms with E-state index in [1.165, 1.54) is 12.8 Å². The molecule has 0 aromatic heterocycles. The number of hydrogen-bond acceptors (Lipinski definition) is 3. The predicted molar refractivity (Wildman–Crippen MR) is 55.0 cm³/mol. The quantitative estimate of drug-likeness (QED) is 0.623. The van der Waals surface area contributed by atoms with Crippen LogP contribution >= 0.6 is 0 Å². The van der Waals surface area contributed by atoms with Crippen molar-refractivity contribution >= 4 is 0 Å². The number of rotatable bonds is 4. The maximum atomic E-state index is 9.66. The molecule has 0 heterocycles. The van der Waals surface area contributed by atoms with Crippen molar-refractivity contribution in [2.45, 2.75) is 56.8 Å². The summed E-state index contributed by atoms with van der Waals surface area (Å²) in [7, 11) is 0. The lowest BCUT2D eigenvalue weighted by Gasteiger charge is -2.27. The average Bonchev–Trinajstić information content (AvgIpc) is 3.00. The Bertz CT molecular complexity index is 174. The second-order valence-electron chi connectivity index (χ2n) is 4.82. The highest BCUT2D eigenvalue weighted by Crippen LogP contribution is 2.32. The SMILES string of the molecule is OC1CCC(NCC(O)C2CC2)CC1. The highest BCUT2D eigenvalue weighted by atomic mass is 16.3. The second kappa shape index (κ2) is 4.60. The summed E-state index contributed by atoms with van der Waals surface area (Å²) in [5.41, 5.74) is 0. The van der Waals surface area contributed by atoms with Crippen LogP contribution in [0.1, 0.15) is 38.5 Å². The molecule has 1 unspecified atom stereocenters. The van der Waals surface area contributed by atoms with Gasteiger partial charge in [-0.25, -0.2) is 0 Å². The Morgan fingerprint density at radius 3 is 2.29 bits per heavy atom. The molecule has 1 atom stereocenters. The van der Waals surface area contributed by atoms with Gasteiger partial charge in [0.15, 0.2) is 0 Å². The third kappa shape index (κ3) is 2.94. The highest BCUT2D eigenvalue weighted by Gasteiger charge is 2.30. The molecule has 0 aliphatic heterocycles. The van der Waals surface area contributed by atoms with Gasteiger partial charge in [0, 0.05) is 12.6 Å². The van der Waals surface area contributed by atoms with Gasteiger partial charge in [0.2, 0.25) is 0 Å². The minimum absolute atomic E-state index is 0.0820. The van der Waals surface area contributed by atoms with Gasteiger partial charge < -0.3 is 15.5 Å². The average molecular weight is 199 g/mol. The Balaban J connectivity index is 1.60. The standard InChI is InChI=1S/C11H21NO2/c13-10-5-3-9(4-6-10)12-7-11(14)8-1-2-8/h8-14H,1-7H2. The first-order valence-corrected chi connectivity index (χ1v) is 5.85. The molecule has 2 aliphatic carbocycles. The first kappa shape index (κ1) is 10.4. The molecule has 2 aliphatic rings. The predicted octanol–water partition coefficient (Wildman–Crippen LogP) is 0.650. The fourth-order valence-corrected chi connectivity index (χ4v) is 2.22. The molecule has 0 spiro atoms. The normalized spacial score (nSPS) is 35.6. The molecule has 2 fully saturated rings. The van der Waals surface area contributed by atoms with E-state index in [1.54, 1.807) is 0 Å². The summed E-state index contributed by atoms with van der Waals surface area (Å²) in [6, 6.07) is 0.520. The van der Waals surface area contributed by atoms with Crippen LogP contribution in [0.5, 0.6) is 0 Å². The number of aliphatic hydroxyl groups is 2. The molecule has 0 saturated heterocycles. The van der Waals surface area contributed by atoms with Crippen molar-refractivity contribution in [3.05, 3.63) is 0 Å². The van der Waals surface area contributed by atoms with Crippen molar-refractivity contribution in [2.75, 3.05) is 6.54 Å². The fourth-order valence-electron chi connectivity index (χ4n) is 2.22. The lowest BCUT2D eigenvalue weighted by atomic mass is 9.93. The van der Waals surface area contributed by atoms with Crippen molar-refractivity contribution in [2.24, 2.45) is 5.92 Å².